The summed E-state index contributed by atoms with van der Waals surface area (Å²) in [5.74, 6) is 0. The molecule has 8 heteroatoms. The first kappa shape index (κ1) is 20.8. The number of halogens is 1. The largest absolute Gasteiger partial charge is 0.304 e. The van der Waals surface area contributed by atoms with Crippen LogP contribution in [0.25, 0.3) is 10.6 Å². The molecule has 1 aromatic heterocycles. The molecule has 0 amide bonds. The predicted molar refractivity (Wildman–Crippen MR) is 117 cm³/mol. The average Bonchev–Trinajstić information content (AvgIpc) is 3.06. The van der Waals surface area contributed by atoms with Crippen LogP contribution in [0.2, 0.25) is 5.02 Å². The molecular weight excluding hydrogens is 414 g/mol. The van der Waals surface area contributed by atoms with Crippen molar-refractivity contribution in [3.05, 3.63) is 63.6 Å². The Labute approximate surface area is 175 Å². The van der Waals surface area contributed by atoms with Crippen LogP contribution in [0.1, 0.15) is 16.0 Å². The maximum Gasteiger partial charge on any atom is 0.262 e. The number of rotatable bonds is 6. The van der Waals surface area contributed by atoms with Gasteiger partial charge in [-0.15, -0.1) is 11.3 Å². The third-order valence-electron chi connectivity index (χ3n) is 4.16. The fraction of sp³-hybridized carbons (Fsp3) is 0.250. The van der Waals surface area contributed by atoms with E-state index in [1.165, 1.54) is 4.88 Å². The monoisotopic (exact) mass is 435 g/mol. The van der Waals surface area contributed by atoms with Crippen molar-refractivity contribution in [3.63, 3.8) is 0 Å². The molecule has 0 unspecified atom stereocenters. The first-order chi connectivity index (χ1) is 13.2. The second-order valence-electron chi connectivity index (χ2n) is 6.92. The van der Waals surface area contributed by atoms with E-state index in [0.29, 0.717) is 16.3 Å². The van der Waals surface area contributed by atoms with Gasteiger partial charge in [0.1, 0.15) is 5.01 Å². The Morgan fingerprint density at radius 2 is 1.79 bits per heavy atom. The summed E-state index contributed by atoms with van der Waals surface area (Å²) in [4.78, 5) is 7.96. The van der Waals surface area contributed by atoms with Gasteiger partial charge in [0.05, 0.1) is 4.90 Å². The molecule has 0 saturated heterocycles. The molecule has 2 aromatic carbocycles. The van der Waals surface area contributed by atoms with E-state index in [9.17, 15) is 8.42 Å². The maximum atomic E-state index is 12.8. The molecule has 5 nitrogen and oxygen atoms in total. The van der Waals surface area contributed by atoms with Crippen LogP contribution in [0.3, 0.4) is 0 Å². The van der Waals surface area contributed by atoms with Crippen LogP contribution in [0.5, 0.6) is 0 Å². The number of nitrogens with zero attached hydrogens (tertiary/aromatic N) is 2. The molecule has 0 aliphatic carbocycles. The minimum Gasteiger partial charge on any atom is -0.304 e. The van der Waals surface area contributed by atoms with Crippen LogP contribution >= 0.6 is 22.9 Å². The van der Waals surface area contributed by atoms with Crippen LogP contribution in [0.4, 0.5) is 5.69 Å². The highest BCUT2D eigenvalue weighted by atomic mass is 35.5. The Balaban J connectivity index is 1.80. The maximum absolute atomic E-state index is 12.8. The van der Waals surface area contributed by atoms with Crippen molar-refractivity contribution in [2.75, 3.05) is 18.8 Å². The summed E-state index contributed by atoms with van der Waals surface area (Å²) in [5, 5.41) is 1.47. The lowest BCUT2D eigenvalue weighted by molar-refractivity contribution is 0.406. The molecule has 0 aliphatic rings. The van der Waals surface area contributed by atoms with Gasteiger partial charge in [0.25, 0.3) is 10.0 Å². The van der Waals surface area contributed by atoms with Crippen molar-refractivity contribution < 1.29 is 8.42 Å². The molecule has 3 rings (SSSR count). The van der Waals surface area contributed by atoms with E-state index in [4.69, 9.17) is 11.6 Å². The van der Waals surface area contributed by atoms with Crippen LogP contribution in [-0.4, -0.2) is 32.4 Å². The third-order valence-corrected chi connectivity index (χ3v) is 7.12. The van der Waals surface area contributed by atoms with Gasteiger partial charge in [-0.1, -0.05) is 11.6 Å². The Morgan fingerprint density at radius 3 is 2.43 bits per heavy atom. The minimum absolute atomic E-state index is 0.228. The number of nitrogens with one attached hydrogen (secondary N) is 1. The second kappa shape index (κ2) is 8.21. The highest BCUT2D eigenvalue weighted by Crippen LogP contribution is 2.29. The van der Waals surface area contributed by atoms with E-state index in [0.717, 1.165) is 22.7 Å². The van der Waals surface area contributed by atoms with E-state index in [1.54, 1.807) is 49.4 Å². The molecule has 1 heterocycles. The van der Waals surface area contributed by atoms with Crippen molar-refractivity contribution in [2.45, 2.75) is 25.3 Å². The summed E-state index contributed by atoms with van der Waals surface area (Å²) in [6.07, 6.45) is 1.88. The van der Waals surface area contributed by atoms with Gasteiger partial charge in [0.15, 0.2) is 0 Å². The van der Waals surface area contributed by atoms with Gasteiger partial charge in [-0.3, -0.25) is 4.72 Å². The van der Waals surface area contributed by atoms with Crippen molar-refractivity contribution in [1.82, 2.24) is 9.88 Å². The van der Waals surface area contributed by atoms with Gasteiger partial charge in [-0.25, -0.2) is 13.4 Å². The lowest BCUT2D eigenvalue weighted by Crippen LogP contribution is -2.14. The minimum atomic E-state index is -3.70. The average molecular weight is 436 g/mol. The molecule has 0 radical (unpaired) electrons. The first-order valence-corrected chi connectivity index (χ1v) is 11.3. The quantitative estimate of drug-likeness (QED) is 0.595. The van der Waals surface area contributed by atoms with Crippen LogP contribution in [-0.2, 0) is 16.6 Å². The third kappa shape index (κ3) is 4.72. The molecule has 148 valence electrons. The standard InChI is InChI=1S/C20H22ClN3O2S2/c1-13-10-19(14(2)9-18(13)21)28(25,26)23-16-7-5-15(6-8-16)20-22-11-17(27-20)12-24(3)4/h5-11,23H,12H2,1-4H3. The Kier molecular flexibility index (Phi) is 6.09. The number of benzene rings is 2. The van der Waals surface area contributed by atoms with Gasteiger partial charge < -0.3 is 4.90 Å². The summed E-state index contributed by atoms with van der Waals surface area (Å²) in [7, 11) is 0.339. The van der Waals surface area contributed by atoms with Crippen molar-refractivity contribution in [2.24, 2.45) is 0 Å². The molecule has 28 heavy (non-hydrogen) atoms. The number of aryl methyl sites for hydroxylation is 2. The fourth-order valence-corrected chi connectivity index (χ4v) is 5.39. The molecule has 0 saturated carbocycles. The molecule has 3 aromatic rings. The van der Waals surface area contributed by atoms with Gasteiger partial charge in [-0.05, 0) is 75.5 Å². The number of hydrogen-bond acceptors (Lipinski definition) is 5. The summed E-state index contributed by atoms with van der Waals surface area (Å²) in [6.45, 7) is 4.36. The molecule has 1 N–H and O–H groups in total. The molecule has 0 fully saturated rings. The van der Waals surface area contributed by atoms with Crippen LogP contribution in [0, 0.1) is 13.8 Å². The van der Waals surface area contributed by atoms with Crippen molar-refractivity contribution in [1.29, 1.82) is 0 Å². The van der Waals surface area contributed by atoms with Crippen molar-refractivity contribution >= 4 is 38.6 Å². The molecule has 0 bridgehead atoms. The molecule has 0 atom stereocenters. The van der Waals surface area contributed by atoms with E-state index < -0.39 is 10.0 Å². The topological polar surface area (TPSA) is 62.3 Å². The Hall–Kier alpha value is -1.93. The molecule has 0 spiro atoms. The predicted octanol–water partition coefficient (Wildman–Crippen LogP) is 4.94. The second-order valence-corrected chi connectivity index (χ2v) is 10.1. The van der Waals surface area contributed by atoms with Crippen molar-refractivity contribution in [3.8, 4) is 10.6 Å². The normalized spacial score (nSPS) is 11.8. The van der Waals surface area contributed by atoms with Gasteiger partial charge in [0, 0.05) is 33.9 Å². The van der Waals surface area contributed by atoms with Gasteiger partial charge >= 0.3 is 0 Å². The van der Waals surface area contributed by atoms with Crippen LogP contribution < -0.4 is 4.72 Å². The zero-order chi connectivity index (χ0) is 20.5. The highest BCUT2D eigenvalue weighted by molar-refractivity contribution is 7.92. The van der Waals surface area contributed by atoms with Crippen LogP contribution in [0.15, 0.2) is 47.5 Å². The Bertz CT molecular complexity index is 1090. The zero-order valence-electron chi connectivity index (χ0n) is 16.2. The smallest absolute Gasteiger partial charge is 0.262 e. The van der Waals surface area contributed by atoms with E-state index in [-0.39, 0.29) is 4.90 Å². The number of aromatic nitrogens is 1. The fourth-order valence-electron chi connectivity index (χ4n) is 2.76. The summed E-state index contributed by atoms with van der Waals surface area (Å²) < 4.78 is 28.2. The lowest BCUT2D eigenvalue weighted by Gasteiger charge is -2.12. The SMILES string of the molecule is Cc1cc(S(=O)(=O)Nc2ccc(-c3ncc(CN(C)C)s3)cc2)c(C)cc1Cl. The summed E-state index contributed by atoms with van der Waals surface area (Å²) >= 11 is 7.71. The number of thiazole rings is 1. The Morgan fingerprint density at radius 1 is 1.11 bits per heavy atom. The zero-order valence-corrected chi connectivity index (χ0v) is 18.5. The summed E-state index contributed by atoms with van der Waals surface area (Å²) in [5.41, 5.74) is 2.79. The van der Waals surface area contributed by atoms with E-state index in [2.05, 4.69) is 14.6 Å². The number of sulfonamides is 1. The highest BCUT2D eigenvalue weighted by Gasteiger charge is 2.18. The molecule has 0 aliphatic heterocycles. The number of anilines is 1. The van der Waals surface area contributed by atoms with E-state index >= 15 is 0 Å². The van der Waals surface area contributed by atoms with Gasteiger partial charge in [-0.2, -0.15) is 0 Å². The lowest BCUT2D eigenvalue weighted by atomic mass is 10.2. The molecular formula is C20H22ClN3O2S2. The van der Waals surface area contributed by atoms with Gasteiger partial charge in [0.2, 0.25) is 0 Å². The number of hydrogen-bond donors (Lipinski definition) is 1. The summed E-state index contributed by atoms with van der Waals surface area (Å²) in [6, 6.07) is 10.5. The first-order valence-electron chi connectivity index (χ1n) is 8.65. The van der Waals surface area contributed by atoms with E-state index in [1.807, 2.05) is 32.4 Å².